The second kappa shape index (κ2) is 9.02. The number of benzene rings is 2. The fourth-order valence-corrected chi connectivity index (χ4v) is 3.88. The van der Waals surface area contributed by atoms with Gasteiger partial charge in [-0.15, -0.1) is 0 Å². The van der Waals surface area contributed by atoms with Crippen LogP contribution in [0.3, 0.4) is 0 Å². The number of thioether (sulfide) groups is 1. The maximum Gasteiger partial charge on any atom is 0.387 e. The highest BCUT2D eigenvalue weighted by atomic mass is 35.5. The van der Waals surface area contributed by atoms with Gasteiger partial charge in [-0.25, -0.2) is 0 Å². The molecule has 0 aliphatic carbocycles. The van der Waals surface area contributed by atoms with Gasteiger partial charge in [0.15, 0.2) is 11.5 Å². The molecule has 1 fully saturated rings. The van der Waals surface area contributed by atoms with E-state index in [1.165, 1.54) is 37.5 Å². The van der Waals surface area contributed by atoms with Crippen molar-refractivity contribution in [2.45, 2.75) is 13.2 Å². The van der Waals surface area contributed by atoms with Crippen molar-refractivity contribution in [3.8, 4) is 11.5 Å². The highest BCUT2D eigenvalue weighted by Gasteiger charge is 2.35. The topological polar surface area (TPSA) is 55.8 Å². The van der Waals surface area contributed by atoms with Crippen molar-refractivity contribution in [1.29, 1.82) is 0 Å². The van der Waals surface area contributed by atoms with E-state index in [1.807, 2.05) is 0 Å². The van der Waals surface area contributed by atoms with E-state index in [4.69, 9.17) is 27.9 Å². The summed E-state index contributed by atoms with van der Waals surface area (Å²) in [6.07, 6.45) is 1.48. The highest BCUT2D eigenvalue weighted by Crippen LogP contribution is 2.36. The van der Waals surface area contributed by atoms with E-state index in [0.717, 1.165) is 16.7 Å². The number of carbonyl (C=O) groups excluding carboxylic acids is 2. The molecule has 0 saturated carbocycles. The molecule has 0 N–H and O–H groups in total. The summed E-state index contributed by atoms with van der Waals surface area (Å²) in [5.74, 6) is -0.547. The monoisotopic (exact) mass is 459 g/mol. The van der Waals surface area contributed by atoms with Gasteiger partial charge in [-0.2, -0.15) is 8.78 Å². The maximum atomic E-state index is 12.7. The van der Waals surface area contributed by atoms with Gasteiger partial charge < -0.3 is 9.47 Å². The quantitative estimate of drug-likeness (QED) is 0.507. The molecule has 0 radical (unpaired) electrons. The number of hydrogen-bond acceptors (Lipinski definition) is 5. The Morgan fingerprint density at radius 1 is 1.14 bits per heavy atom. The summed E-state index contributed by atoms with van der Waals surface area (Å²) in [4.78, 5) is 26.2. The van der Waals surface area contributed by atoms with E-state index < -0.39 is 17.8 Å². The average Bonchev–Trinajstić information content (AvgIpc) is 2.92. The summed E-state index contributed by atoms with van der Waals surface area (Å²) < 4.78 is 34.3. The Morgan fingerprint density at radius 2 is 1.90 bits per heavy atom. The number of nitrogens with zero attached hydrogens (tertiary/aromatic N) is 1. The minimum atomic E-state index is -2.99. The van der Waals surface area contributed by atoms with E-state index >= 15 is 0 Å². The predicted molar refractivity (Wildman–Crippen MR) is 108 cm³/mol. The number of ether oxygens (including phenoxy) is 2. The van der Waals surface area contributed by atoms with Gasteiger partial charge in [-0.3, -0.25) is 14.5 Å². The number of rotatable bonds is 6. The maximum absolute atomic E-state index is 12.7. The van der Waals surface area contributed by atoms with Crippen molar-refractivity contribution in [1.82, 2.24) is 4.90 Å². The van der Waals surface area contributed by atoms with E-state index in [-0.39, 0.29) is 22.9 Å². The Balaban J connectivity index is 1.82. The first-order valence-corrected chi connectivity index (χ1v) is 9.68. The molecule has 1 aliphatic heterocycles. The van der Waals surface area contributed by atoms with E-state index in [1.54, 1.807) is 12.1 Å². The first kappa shape index (κ1) is 21.4. The molecule has 0 unspecified atom stereocenters. The third kappa shape index (κ3) is 5.01. The van der Waals surface area contributed by atoms with Gasteiger partial charge >= 0.3 is 6.61 Å². The predicted octanol–water partition coefficient (Wildman–Crippen LogP) is 5.84. The van der Waals surface area contributed by atoms with Gasteiger partial charge in [0.2, 0.25) is 0 Å². The molecular weight excluding hydrogens is 447 g/mol. The number of amides is 2. The number of hydrogen-bond donors (Lipinski definition) is 0. The molecule has 0 atom stereocenters. The molecule has 0 aromatic heterocycles. The van der Waals surface area contributed by atoms with Gasteiger partial charge in [-0.05, 0) is 53.2 Å². The van der Waals surface area contributed by atoms with Crippen molar-refractivity contribution in [3.05, 3.63) is 62.5 Å². The molecule has 0 bridgehead atoms. The third-order valence-corrected chi connectivity index (χ3v) is 5.41. The van der Waals surface area contributed by atoms with Crippen LogP contribution in [0, 0.1) is 0 Å². The summed E-state index contributed by atoms with van der Waals surface area (Å²) >= 11 is 12.8. The highest BCUT2D eigenvalue weighted by molar-refractivity contribution is 8.18. The minimum Gasteiger partial charge on any atom is -0.493 e. The van der Waals surface area contributed by atoms with Crippen LogP contribution in [0.4, 0.5) is 13.6 Å². The zero-order valence-corrected chi connectivity index (χ0v) is 17.2. The van der Waals surface area contributed by atoms with Crippen LogP contribution in [-0.2, 0) is 11.3 Å². The molecular formula is C19H13Cl2F2NO4S. The van der Waals surface area contributed by atoms with Gasteiger partial charge in [-0.1, -0.05) is 35.3 Å². The second-order valence-corrected chi connectivity index (χ2v) is 7.63. The SMILES string of the molecule is COc1cc(/C=C2\SC(=O)N(Cc3ccc(Cl)cc3Cl)C2=O)ccc1OC(F)F. The fourth-order valence-electron chi connectivity index (χ4n) is 2.58. The molecule has 152 valence electrons. The van der Waals surface area contributed by atoms with Crippen LogP contribution < -0.4 is 9.47 Å². The summed E-state index contributed by atoms with van der Waals surface area (Å²) in [6, 6.07) is 9.00. The Morgan fingerprint density at radius 3 is 2.55 bits per heavy atom. The van der Waals surface area contributed by atoms with Crippen molar-refractivity contribution in [3.63, 3.8) is 0 Å². The van der Waals surface area contributed by atoms with Gasteiger partial charge in [0.25, 0.3) is 11.1 Å². The fraction of sp³-hybridized carbons (Fsp3) is 0.158. The van der Waals surface area contributed by atoms with Crippen LogP contribution in [-0.4, -0.2) is 29.8 Å². The molecule has 1 heterocycles. The Bertz CT molecular complexity index is 1000. The van der Waals surface area contributed by atoms with Crippen LogP contribution in [0.1, 0.15) is 11.1 Å². The molecule has 1 aliphatic rings. The summed E-state index contributed by atoms with van der Waals surface area (Å²) in [5.41, 5.74) is 1.06. The average molecular weight is 460 g/mol. The molecule has 2 aromatic rings. The normalized spacial score (nSPS) is 15.5. The van der Waals surface area contributed by atoms with Gasteiger partial charge in [0, 0.05) is 10.0 Å². The lowest BCUT2D eigenvalue weighted by atomic mass is 10.1. The smallest absolute Gasteiger partial charge is 0.387 e. The number of halogens is 4. The Hall–Kier alpha value is -2.29. The zero-order valence-electron chi connectivity index (χ0n) is 14.8. The lowest BCUT2D eigenvalue weighted by molar-refractivity contribution is -0.123. The lowest BCUT2D eigenvalue weighted by Crippen LogP contribution is -2.27. The summed E-state index contributed by atoms with van der Waals surface area (Å²) in [5, 5.41) is 0.345. The first-order valence-electron chi connectivity index (χ1n) is 8.10. The van der Waals surface area contributed by atoms with Crippen molar-refractivity contribution in [2.75, 3.05) is 7.11 Å². The Labute approximate surface area is 179 Å². The van der Waals surface area contributed by atoms with Crippen LogP contribution in [0.2, 0.25) is 10.0 Å². The molecule has 2 amide bonds. The molecule has 5 nitrogen and oxygen atoms in total. The minimum absolute atomic E-state index is 0.00248. The third-order valence-electron chi connectivity index (χ3n) is 3.92. The van der Waals surface area contributed by atoms with Crippen molar-refractivity contribution >= 4 is 52.2 Å². The summed E-state index contributed by atoms with van der Waals surface area (Å²) in [7, 11) is 1.31. The van der Waals surface area contributed by atoms with Gasteiger partial charge in [0.1, 0.15) is 0 Å². The molecule has 0 spiro atoms. The molecule has 10 heteroatoms. The van der Waals surface area contributed by atoms with E-state index in [2.05, 4.69) is 4.74 Å². The van der Waals surface area contributed by atoms with Crippen LogP contribution in [0.5, 0.6) is 11.5 Å². The molecule has 29 heavy (non-hydrogen) atoms. The first-order chi connectivity index (χ1) is 13.8. The van der Waals surface area contributed by atoms with E-state index in [9.17, 15) is 18.4 Å². The number of alkyl halides is 2. The van der Waals surface area contributed by atoms with Crippen LogP contribution in [0.15, 0.2) is 41.3 Å². The van der Waals surface area contributed by atoms with Crippen molar-refractivity contribution < 1.29 is 27.8 Å². The van der Waals surface area contributed by atoms with Crippen molar-refractivity contribution in [2.24, 2.45) is 0 Å². The van der Waals surface area contributed by atoms with Crippen LogP contribution >= 0.6 is 35.0 Å². The van der Waals surface area contributed by atoms with Crippen LogP contribution in [0.25, 0.3) is 6.08 Å². The Kier molecular flexibility index (Phi) is 6.66. The number of methoxy groups -OCH3 is 1. The summed E-state index contributed by atoms with van der Waals surface area (Å²) in [6.45, 7) is -2.99. The molecule has 1 saturated heterocycles. The van der Waals surface area contributed by atoms with Gasteiger partial charge in [0.05, 0.1) is 18.6 Å². The molecule has 2 aromatic carbocycles. The standard InChI is InChI=1S/C19H13Cl2F2NO4S/c1-27-15-6-10(2-5-14(15)28-18(22)23)7-16-17(25)24(19(26)29-16)9-11-3-4-12(20)8-13(11)21/h2-8,18H,9H2,1H3/b16-7-. The number of carbonyl (C=O) groups is 2. The largest absolute Gasteiger partial charge is 0.493 e. The lowest BCUT2D eigenvalue weighted by Gasteiger charge is -2.13. The molecule has 3 rings (SSSR count). The second-order valence-electron chi connectivity index (χ2n) is 5.79. The van der Waals surface area contributed by atoms with E-state index in [0.29, 0.717) is 21.2 Å². The number of imide groups is 1. The zero-order chi connectivity index (χ0) is 21.1.